The smallest absolute Gasteiger partial charge is 0.255 e. The summed E-state index contributed by atoms with van der Waals surface area (Å²) in [7, 11) is 0. The number of amides is 3. The standard InChI is InChI=1S/C7H11N3O4S2/c1-4(7(13)8-15)9-16-14-10-5(11)2-3-6(10)12/h4,9,15H,2-3H2,1H3,(H,8,13). The molecule has 16 heavy (non-hydrogen) atoms. The minimum atomic E-state index is -0.560. The number of hydroxylamine groups is 2. The van der Waals surface area contributed by atoms with Gasteiger partial charge in [-0.05, 0) is 6.92 Å². The molecule has 0 aromatic carbocycles. The topological polar surface area (TPSA) is 87.7 Å². The summed E-state index contributed by atoms with van der Waals surface area (Å²) in [4.78, 5) is 33.2. The van der Waals surface area contributed by atoms with Gasteiger partial charge in [0.2, 0.25) is 5.91 Å². The molecule has 3 amide bonds. The lowest BCUT2D eigenvalue weighted by Gasteiger charge is -2.14. The number of hydrogen-bond acceptors (Lipinski definition) is 7. The lowest BCUT2D eigenvalue weighted by molar-refractivity contribution is -0.161. The summed E-state index contributed by atoms with van der Waals surface area (Å²) in [6.45, 7) is 1.58. The summed E-state index contributed by atoms with van der Waals surface area (Å²) >= 11 is 4.23. The van der Waals surface area contributed by atoms with Crippen LogP contribution in [0.3, 0.4) is 0 Å². The van der Waals surface area contributed by atoms with Crippen LogP contribution in [0.4, 0.5) is 0 Å². The Labute approximate surface area is 102 Å². The zero-order valence-electron chi connectivity index (χ0n) is 8.43. The first-order valence-corrected chi connectivity index (χ1v) is 5.64. The Bertz CT molecular complexity index is 296. The average Bonchev–Trinajstić information content (AvgIpc) is 2.59. The molecule has 0 spiro atoms. The van der Waals surface area contributed by atoms with E-state index < -0.39 is 6.04 Å². The zero-order chi connectivity index (χ0) is 12.1. The second-order valence-electron chi connectivity index (χ2n) is 3.06. The minimum absolute atomic E-state index is 0.159. The fourth-order valence-electron chi connectivity index (χ4n) is 0.920. The monoisotopic (exact) mass is 265 g/mol. The van der Waals surface area contributed by atoms with Crippen LogP contribution >= 0.6 is 25.0 Å². The molecule has 9 heteroatoms. The van der Waals surface area contributed by atoms with Gasteiger partial charge in [0.25, 0.3) is 11.8 Å². The van der Waals surface area contributed by atoms with Gasteiger partial charge in [0.1, 0.15) is 12.2 Å². The lowest BCUT2D eigenvalue weighted by Crippen LogP contribution is -2.37. The van der Waals surface area contributed by atoms with Crippen LogP contribution in [0.25, 0.3) is 0 Å². The van der Waals surface area contributed by atoms with Gasteiger partial charge in [-0.25, -0.2) is 4.72 Å². The van der Waals surface area contributed by atoms with E-state index in [1.165, 1.54) is 0 Å². The van der Waals surface area contributed by atoms with Crippen LogP contribution in [-0.2, 0) is 18.7 Å². The number of carbonyl (C=O) groups is 3. The Morgan fingerprint density at radius 1 is 1.50 bits per heavy atom. The van der Waals surface area contributed by atoms with Crippen molar-refractivity contribution in [3.63, 3.8) is 0 Å². The highest BCUT2D eigenvalue weighted by molar-refractivity contribution is 7.92. The molecule has 0 aromatic heterocycles. The van der Waals surface area contributed by atoms with Crippen molar-refractivity contribution < 1.29 is 18.7 Å². The predicted molar refractivity (Wildman–Crippen MR) is 59.5 cm³/mol. The third-order valence-corrected chi connectivity index (χ3v) is 2.74. The highest BCUT2D eigenvalue weighted by atomic mass is 32.2. The van der Waals surface area contributed by atoms with Crippen LogP contribution in [0, 0.1) is 0 Å². The summed E-state index contributed by atoms with van der Waals surface area (Å²) in [6, 6.07) is -0.560. The molecule has 1 aliphatic rings. The van der Waals surface area contributed by atoms with Gasteiger partial charge >= 0.3 is 0 Å². The molecule has 1 rings (SSSR count). The highest BCUT2D eigenvalue weighted by Crippen LogP contribution is 2.15. The molecule has 1 atom stereocenters. The zero-order valence-corrected chi connectivity index (χ0v) is 10.1. The van der Waals surface area contributed by atoms with Crippen LogP contribution < -0.4 is 9.44 Å². The summed E-state index contributed by atoms with van der Waals surface area (Å²) in [5.41, 5.74) is 0. The fraction of sp³-hybridized carbons (Fsp3) is 0.571. The lowest BCUT2D eigenvalue weighted by atomic mass is 10.4. The van der Waals surface area contributed by atoms with Crippen molar-refractivity contribution in [2.24, 2.45) is 0 Å². The molecule has 1 fully saturated rings. The summed E-state index contributed by atoms with van der Waals surface area (Å²) in [6.07, 6.45) is 0.318. The number of imide groups is 1. The quantitative estimate of drug-likeness (QED) is 0.270. The number of hydrogen-bond donors (Lipinski definition) is 3. The van der Waals surface area contributed by atoms with E-state index in [1.54, 1.807) is 6.92 Å². The first-order valence-electron chi connectivity index (χ1n) is 4.45. The third-order valence-electron chi connectivity index (χ3n) is 1.85. The molecule has 1 aliphatic heterocycles. The number of carbonyl (C=O) groups excluding carboxylic acids is 3. The van der Waals surface area contributed by atoms with E-state index in [2.05, 4.69) is 22.3 Å². The largest absolute Gasteiger partial charge is 0.301 e. The molecule has 0 aliphatic carbocycles. The van der Waals surface area contributed by atoms with Crippen molar-refractivity contribution in [3.05, 3.63) is 0 Å². The van der Waals surface area contributed by atoms with Crippen LogP contribution in [0.5, 0.6) is 0 Å². The van der Waals surface area contributed by atoms with Crippen molar-refractivity contribution in [2.75, 3.05) is 0 Å². The maximum absolute atomic E-state index is 11.1. The number of nitrogens with zero attached hydrogens (tertiary/aromatic N) is 1. The summed E-state index contributed by atoms with van der Waals surface area (Å²) < 4.78 is 9.55. The molecule has 90 valence electrons. The Morgan fingerprint density at radius 3 is 2.56 bits per heavy atom. The van der Waals surface area contributed by atoms with E-state index in [-0.39, 0.29) is 30.6 Å². The molecule has 1 unspecified atom stereocenters. The fourth-order valence-corrected chi connectivity index (χ4v) is 1.65. The average molecular weight is 265 g/mol. The molecule has 0 bridgehead atoms. The molecule has 1 heterocycles. The van der Waals surface area contributed by atoms with Crippen molar-refractivity contribution in [1.82, 2.24) is 14.5 Å². The third kappa shape index (κ3) is 3.37. The van der Waals surface area contributed by atoms with Gasteiger partial charge in [0, 0.05) is 12.8 Å². The number of nitrogens with one attached hydrogen (secondary N) is 2. The SMILES string of the molecule is CC(NSON1C(=O)CCC1=O)C(=O)NS. The van der Waals surface area contributed by atoms with Gasteiger partial charge in [-0.15, -0.1) is 5.06 Å². The molecule has 1 saturated heterocycles. The van der Waals surface area contributed by atoms with E-state index in [1.807, 2.05) is 0 Å². The normalized spacial score (nSPS) is 17.8. The highest BCUT2D eigenvalue weighted by Gasteiger charge is 2.31. The van der Waals surface area contributed by atoms with Gasteiger partial charge in [-0.2, -0.15) is 4.28 Å². The van der Waals surface area contributed by atoms with Crippen molar-refractivity contribution in [3.8, 4) is 0 Å². The van der Waals surface area contributed by atoms with E-state index in [9.17, 15) is 14.4 Å². The Kier molecular flexibility index (Phi) is 5.06. The molecule has 2 N–H and O–H groups in total. The van der Waals surface area contributed by atoms with E-state index in [0.29, 0.717) is 17.3 Å². The van der Waals surface area contributed by atoms with Crippen molar-refractivity contribution in [2.45, 2.75) is 25.8 Å². The van der Waals surface area contributed by atoms with Crippen molar-refractivity contribution in [1.29, 1.82) is 0 Å². The second kappa shape index (κ2) is 6.09. The maximum atomic E-state index is 11.1. The van der Waals surface area contributed by atoms with Gasteiger partial charge in [-0.3, -0.25) is 14.4 Å². The van der Waals surface area contributed by atoms with Crippen LogP contribution in [0.15, 0.2) is 0 Å². The Balaban J connectivity index is 2.27. The maximum Gasteiger partial charge on any atom is 0.255 e. The first kappa shape index (κ1) is 13.3. The van der Waals surface area contributed by atoms with E-state index in [4.69, 9.17) is 4.28 Å². The number of thiol groups is 1. The molecular formula is C7H11N3O4S2. The molecule has 7 nitrogen and oxygen atoms in total. The molecule has 0 saturated carbocycles. The Morgan fingerprint density at radius 2 is 2.06 bits per heavy atom. The van der Waals surface area contributed by atoms with Gasteiger partial charge in [0.15, 0.2) is 0 Å². The summed E-state index contributed by atoms with van der Waals surface area (Å²) in [5, 5.41) is 0.684. The minimum Gasteiger partial charge on any atom is -0.301 e. The molecule has 0 radical (unpaired) electrons. The van der Waals surface area contributed by atoms with Crippen LogP contribution in [0.2, 0.25) is 0 Å². The van der Waals surface area contributed by atoms with Gasteiger partial charge in [0.05, 0.1) is 6.04 Å². The van der Waals surface area contributed by atoms with Gasteiger partial charge < -0.3 is 4.72 Å². The Hall–Kier alpha value is -0.770. The predicted octanol–water partition coefficient (Wildman–Crippen LogP) is -0.431. The first-order chi connectivity index (χ1) is 7.56. The molecule has 0 aromatic rings. The second-order valence-corrected chi connectivity index (χ2v) is 3.83. The van der Waals surface area contributed by atoms with Gasteiger partial charge in [-0.1, -0.05) is 12.8 Å². The van der Waals surface area contributed by atoms with E-state index in [0.717, 1.165) is 0 Å². The molecular weight excluding hydrogens is 254 g/mol. The van der Waals surface area contributed by atoms with Crippen LogP contribution in [-0.4, -0.2) is 28.8 Å². The number of rotatable bonds is 5. The van der Waals surface area contributed by atoms with Crippen LogP contribution in [0.1, 0.15) is 19.8 Å². The summed E-state index contributed by atoms with van der Waals surface area (Å²) in [5.74, 6) is -1.12. The van der Waals surface area contributed by atoms with E-state index >= 15 is 0 Å². The van der Waals surface area contributed by atoms with Crippen molar-refractivity contribution >= 4 is 42.8 Å².